The number of H-pyrrole nitrogens is 2. The van der Waals surface area contributed by atoms with Gasteiger partial charge in [0.05, 0.1) is 28.4 Å². The third-order valence-electron chi connectivity index (χ3n) is 6.61. The SMILES string of the molecule is CN(C)CCOc1cc(F)cc(-c2cncc3[nH]c(-c4n[nH]c5ccc(-c6cncc(CN(C)C)c6)nc45)nc23)c1. The lowest BCUT2D eigenvalue weighted by Crippen LogP contribution is -2.19. The van der Waals surface area contributed by atoms with Gasteiger partial charge in [0.15, 0.2) is 11.5 Å². The van der Waals surface area contributed by atoms with Crippen molar-refractivity contribution in [2.75, 3.05) is 41.3 Å². The van der Waals surface area contributed by atoms with Gasteiger partial charge in [0.2, 0.25) is 0 Å². The number of nitrogens with zero attached hydrogens (tertiary/aromatic N) is 7. The van der Waals surface area contributed by atoms with Crippen molar-refractivity contribution < 1.29 is 9.13 Å². The molecule has 0 atom stereocenters. The van der Waals surface area contributed by atoms with Crippen LogP contribution in [0.25, 0.3) is 56.0 Å². The lowest BCUT2D eigenvalue weighted by atomic mass is 10.1. The van der Waals surface area contributed by atoms with E-state index in [0.717, 1.165) is 35.4 Å². The maximum Gasteiger partial charge on any atom is 0.161 e. The first-order valence-corrected chi connectivity index (χ1v) is 13.2. The van der Waals surface area contributed by atoms with Crippen LogP contribution in [0, 0.1) is 5.82 Å². The van der Waals surface area contributed by atoms with Crippen molar-refractivity contribution in [3.8, 4) is 39.7 Å². The van der Waals surface area contributed by atoms with Crippen LogP contribution in [0.1, 0.15) is 5.56 Å². The summed E-state index contributed by atoms with van der Waals surface area (Å²) in [6.07, 6.45) is 7.04. The van der Waals surface area contributed by atoms with Crippen LogP contribution in [0.3, 0.4) is 0 Å². The quantitative estimate of drug-likeness (QED) is 0.264. The van der Waals surface area contributed by atoms with Crippen LogP contribution in [-0.2, 0) is 6.54 Å². The van der Waals surface area contributed by atoms with Crippen LogP contribution in [0.5, 0.6) is 5.75 Å². The number of aromatic amines is 2. The Balaban J connectivity index is 1.37. The van der Waals surface area contributed by atoms with Crippen molar-refractivity contribution >= 4 is 22.1 Å². The molecule has 0 saturated carbocycles. The molecule has 0 radical (unpaired) electrons. The number of benzene rings is 1. The molecule has 0 aliphatic carbocycles. The molecule has 0 bridgehead atoms. The highest BCUT2D eigenvalue weighted by molar-refractivity contribution is 5.96. The van der Waals surface area contributed by atoms with E-state index in [1.807, 2.05) is 57.6 Å². The molecule has 41 heavy (non-hydrogen) atoms. The summed E-state index contributed by atoms with van der Waals surface area (Å²) >= 11 is 0. The first-order valence-electron chi connectivity index (χ1n) is 13.2. The lowest BCUT2D eigenvalue weighted by Gasteiger charge is -2.12. The molecule has 10 nitrogen and oxygen atoms in total. The van der Waals surface area contributed by atoms with Crippen molar-refractivity contribution in [3.05, 3.63) is 72.6 Å². The van der Waals surface area contributed by atoms with Crippen LogP contribution in [0.4, 0.5) is 4.39 Å². The van der Waals surface area contributed by atoms with Crippen LogP contribution < -0.4 is 4.74 Å². The highest BCUT2D eigenvalue weighted by Gasteiger charge is 2.18. The fraction of sp³-hybridized carbons (Fsp3) is 0.233. The van der Waals surface area contributed by atoms with Gasteiger partial charge in [-0.15, -0.1) is 0 Å². The van der Waals surface area contributed by atoms with E-state index in [-0.39, 0.29) is 0 Å². The summed E-state index contributed by atoms with van der Waals surface area (Å²) in [5.41, 5.74) is 7.49. The van der Waals surface area contributed by atoms with Crippen molar-refractivity contribution in [2.24, 2.45) is 0 Å². The summed E-state index contributed by atoms with van der Waals surface area (Å²) < 4.78 is 20.4. The predicted octanol–water partition coefficient (Wildman–Crippen LogP) is 4.77. The highest BCUT2D eigenvalue weighted by Crippen LogP contribution is 2.33. The van der Waals surface area contributed by atoms with Gasteiger partial charge in [-0.25, -0.2) is 14.4 Å². The molecule has 6 aromatic rings. The van der Waals surface area contributed by atoms with Crippen molar-refractivity contribution in [3.63, 3.8) is 0 Å². The zero-order chi connectivity index (χ0) is 28.5. The van der Waals surface area contributed by atoms with E-state index in [9.17, 15) is 4.39 Å². The molecule has 11 heteroatoms. The summed E-state index contributed by atoms with van der Waals surface area (Å²) in [6.45, 7) is 1.95. The van der Waals surface area contributed by atoms with E-state index in [1.165, 1.54) is 12.1 Å². The molecule has 6 rings (SSSR count). The van der Waals surface area contributed by atoms with Crippen molar-refractivity contribution in [2.45, 2.75) is 6.54 Å². The van der Waals surface area contributed by atoms with Gasteiger partial charge in [-0.1, -0.05) is 0 Å². The van der Waals surface area contributed by atoms with Crippen LogP contribution >= 0.6 is 0 Å². The second-order valence-electron chi connectivity index (χ2n) is 10.5. The monoisotopic (exact) mass is 551 g/mol. The van der Waals surface area contributed by atoms with Gasteiger partial charge < -0.3 is 19.5 Å². The number of hydrogen-bond donors (Lipinski definition) is 2. The minimum atomic E-state index is -0.394. The molecular weight excluding hydrogens is 521 g/mol. The Bertz CT molecular complexity index is 1840. The number of nitrogens with one attached hydrogen (secondary N) is 2. The largest absolute Gasteiger partial charge is 0.492 e. The highest BCUT2D eigenvalue weighted by atomic mass is 19.1. The number of pyridine rings is 3. The number of rotatable bonds is 9. The summed E-state index contributed by atoms with van der Waals surface area (Å²) in [4.78, 5) is 26.0. The van der Waals surface area contributed by atoms with E-state index < -0.39 is 5.82 Å². The number of likely N-dealkylation sites (N-methyl/N-ethyl adjacent to an activating group) is 1. The summed E-state index contributed by atoms with van der Waals surface area (Å²) in [7, 11) is 7.97. The Morgan fingerprint density at radius 2 is 1.68 bits per heavy atom. The molecule has 1 aromatic carbocycles. The molecule has 0 fully saturated rings. The van der Waals surface area contributed by atoms with E-state index in [0.29, 0.717) is 51.6 Å². The zero-order valence-corrected chi connectivity index (χ0v) is 23.3. The summed E-state index contributed by atoms with van der Waals surface area (Å²) in [5, 5.41) is 7.58. The third-order valence-corrected chi connectivity index (χ3v) is 6.61. The number of ether oxygens (including phenoxy) is 1. The second-order valence-corrected chi connectivity index (χ2v) is 10.5. The predicted molar refractivity (Wildman–Crippen MR) is 157 cm³/mol. The third kappa shape index (κ3) is 5.63. The maximum absolute atomic E-state index is 14.6. The van der Waals surface area contributed by atoms with Crippen molar-refractivity contribution in [1.82, 2.24) is 44.9 Å². The summed E-state index contributed by atoms with van der Waals surface area (Å²) in [5.74, 6) is 0.589. The number of halogens is 1. The molecular formula is C30H30FN9O. The van der Waals surface area contributed by atoms with Gasteiger partial charge in [-0.2, -0.15) is 5.10 Å². The molecule has 0 aliphatic rings. The number of hydrogen-bond acceptors (Lipinski definition) is 8. The lowest BCUT2D eigenvalue weighted by molar-refractivity contribution is 0.260. The molecule has 0 spiro atoms. The second kappa shape index (κ2) is 11.0. The number of aromatic nitrogens is 7. The van der Waals surface area contributed by atoms with Gasteiger partial charge in [0.25, 0.3) is 0 Å². The van der Waals surface area contributed by atoms with E-state index >= 15 is 0 Å². The van der Waals surface area contributed by atoms with Gasteiger partial charge >= 0.3 is 0 Å². The van der Waals surface area contributed by atoms with Gasteiger partial charge in [-0.3, -0.25) is 15.1 Å². The molecule has 0 unspecified atom stereocenters. The van der Waals surface area contributed by atoms with E-state index in [4.69, 9.17) is 14.7 Å². The molecule has 208 valence electrons. The van der Waals surface area contributed by atoms with Crippen LogP contribution in [0.2, 0.25) is 0 Å². The smallest absolute Gasteiger partial charge is 0.161 e. The fourth-order valence-corrected chi connectivity index (χ4v) is 4.71. The topological polar surface area (TPSA) is 112 Å². The van der Waals surface area contributed by atoms with Crippen LogP contribution in [-0.4, -0.2) is 86.3 Å². The van der Waals surface area contributed by atoms with E-state index in [2.05, 4.69) is 36.1 Å². The molecule has 0 saturated heterocycles. The number of fused-ring (bicyclic) bond motifs is 2. The standard InChI is InChI=1S/C30H30FN9O/c1-39(2)7-8-41-22-11-19(10-21(31)12-22)23-15-33-16-26-27(23)36-30(35-26)29-28-25(37-38-29)6-5-24(34-28)20-9-18(13-32-14-20)17-40(3)4/h5-6,9-16H,7-8,17H2,1-4H3,(H,35,36)(H,37,38). The molecule has 0 aliphatic heterocycles. The molecule has 5 heterocycles. The minimum Gasteiger partial charge on any atom is -0.492 e. The van der Waals surface area contributed by atoms with Gasteiger partial charge in [0, 0.05) is 48.9 Å². The average molecular weight is 552 g/mol. The molecule has 2 N–H and O–H groups in total. The Hall–Kier alpha value is -4.74. The van der Waals surface area contributed by atoms with Crippen molar-refractivity contribution in [1.29, 1.82) is 0 Å². The van der Waals surface area contributed by atoms with E-state index in [1.54, 1.807) is 18.5 Å². The number of imidazole rings is 1. The van der Waals surface area contributed by atoms with Crippen LogP contribution in [0.15, 0.2) is 61.2 Å². The maximum atomic E-state index is 14.6. The average Bonchev–Trinajstić information content (AvgIpc) is 3.56. The van der Waals surface area contributed by atoms with Gasteiger partial charge in [-0.05, 0) is 69.6 Å². The Morgan fingerprint density at radius 1 is 0.829 bits per heavy atom. The Labute approximate surface area is 236 Å². The normalized spacial score (nSPS) is 11.8. The Kier molecular flexibility index (Phi) is 7.12. The Morgan fingerprint density at radius 3 is 2.51 bits per heavy atom. The van der Waals surface area contributed by atoms with Gasteiger partial charge in [0.1, 0.15) is 23.7 Å². The minimum absolute atomic E-state index is 0.394. The fourth-order valence-electron chi connectivity index (χ4n) is 4.71. The molecule has 0 amide bonds. The first kappa shape index (κ1) is 26.5. The first-order chi connectivity index (χ1) is 19.8. The summed E-state index contributed by atoms with van der Waals surface area (Å²) in [6, 6.07) is 10.6. The zero-order valence-electron chi connectivity index (χ0n) is 23.3. The molecule has 5 aromatic heterocycles.